The van der Waals surface area contributed by atoms with E-state index < -0.39 is 0 Å². The van der Waals surface area contributed by atoms with Gasteiger partial charge in [-0.15, -0.1) is 12.4 Å². The molecule has 1 unspecified atom stereocenters. The summed E-state index contributed by atoms with van der Waals surface area (Å²) in [6.45, 7) is 2.10. The molecular formula is C18H22ClN5O. The van der Waals surface area contributed by atoms with Crippen molar-refractivity contribution in [2.24, 2.45) is 0 Å². The van der Waals surface area contributed by atoms with Crippen molar-refractivity contribution in [1.82, 2.24) is 25.2 Å². The number of benzene rings is 1. The molecule has 0 aliphatic heterocycles. The summed E-state index contributed by atoms with van der Waals surface area (Å²) in [6, 6.07) is 10.5. The summed E-state index contributed by atoms with van der Waals surface area (Å²) < 4.78 is 7.53. The van der Waals surface area contributed by atoms with Gasteiger partial charge >= 0.3 is 0 Å². The van der Waals surface area contributed by atoms with E-state index in [-0.39, 0.29) is 12.4 Å². The molecule has 4 rings (SSSR count). The van der Waals surface area contributed by atoms with E-state index in [9.17, 15) is 0 Å². The Morgan fingerprint density at radius 2 is 2.04 bits per heavy atom. The largest absolute Gasteiger partial charge is 0.332 e. The van der Waals surface area contributed by atoms with Gasteiger partial charge in [-0.2, -0.15) is 10.1 Å². The van der Waals surface area contributed by atoms with Crippen LogP contribution >= 0.6 is 12.4 Å². The van der Waals surface area contributed by atoms with Gasteiger partial charge in [-0.05, 0) is 45.4 Å². The second kappa shape index (κ2) is 7.37. The number of likely N-dealkylation sites (N-methyl/N-ethyl adjacent to an activating group) is 1. The van der Waals surface area contributed by atoms with Gasteiger partial charge < -0.3 is 9.84 Å². The van der Waals surface area contributed by atoms with E-state index in [1.807, 2.05) is 29.9 Å². The first-order valence-corrected chi connectivity index (χ1v) is 8.42. The fourth-order valence-electron chi connectivity index (χ4n) is 3.20. The third kappa shape index (κ3) is 3.32. The maximum atomic E-state index is 5.51. The Morgan fingerprint density at radius 3 is 2.80 bits per heavy atom. The van der Waals surface area contributed by atoms with Crippen LogP contribution in [0.2, 0.25) is 0 Å². The molecule has 132 valence electrons. The molecule has 0 amide bonds. The number of para-hydroxylation sites is 1. The lowest BCUT2D eigenvalue weighted by Crippen LogP contribution is -2.24. The van der Waals surface area contributed by atoms with Gasteiger partial charge in [0.25, 0.3) is 5.89 Å². The lowest BCUT2D eigenvalue weighted by molar-refractivity contribution is 0.416. The molecule has 0 saturated carbocycles. The molecule has 25 heavy (non-hydrogen) atoms. The Kier molecular flexibility index (Phi) is 5.20. The highest BCUT2D eigenvalue weighted by Gasteiger charge is 2.27. The molecule has 2 aromatic heterocycles. The predicted octanol–water partition coefficient (Wildman–Crippen LogP) is 2.98. The van der Waals surface area contributed by atoms with Crippen molar-refractivity contribution < 1.29 is 4.52 Å². The van der Waals surface area contributed by atoms with Crippen LogP contribution in [0.4, 0.5) is 0 Å². The Bertz CT molecular complexity index is 843. The van der Waals surface area contributed by atoms with Gasteiger partial charge in [0, 0.05) is 23.7 Å². The zero-order chi connectivity index (χ0) is 16.5. The molecule has 1 aliphatic carbocycles. The standard InChI is InChI=1S/C18H21N5O.ClH/c1-12(19-2)11-16-20-18(24-22-16)17-14-9-6-10-15(14)23(21-17)13-7-4-3-5-8-13;/h3-5,7-8,12,19H,6,9-11H2,1-2H3;1H. The molecule has 0 fully saturated rings. The smallest absolute Gasteiger partial charge is 0.278 e. The van der Waals surface area contributed by atoms with Gasteiger partial charge in [0.1, 0.15) is 0 Å². The fourth-order valence-corrected chi connectivity index (χ4v) is 3.20. The maximum absolute atomic E-state index is 5.51. The molecule has 0 bridgehead atoms. The van der Waals surface area contributed by atoms with Crippen molar-refractivity contribution in [3.63, 3.8) is 0 Å². The molecule has 7 heteroatoms. The van der Waals surface area contributed by atoms with Gasteiger partial charge in [-0.3, -0.25) is 0 Å². The molecule has 6 nitrogen and oxygen atoms in total. The minimum atomic E-state index is 0. The number of aromatic nitrogens is 4. The van der Waals surface area contributed by atoms with E-state index in [1.165, 1.54) is 11.3 Å². The Labute approximate surface area is 153 Å². The summed E-state index contributed by atoms with van der Waals surface area (Å²) in [5.41, 5.74) is 4.42. The SMILES string of the molecule is CNC(C)Cc1noc(-c2nn(-c3ccccc3)c3c2CCC3)n1.Cl. The van der Waals surface area contributed by atoms with Gasteiger partial charge in [0.05, 0.1) is 5.69 Å². The first kappa shape index (κ1) is 17.6. The number of rotatable bonds is 5. The highest BCUT2D eigenvalue weighted by atomic mass is 35.5. The van der Waals surface area contributed by atoms with Gasteiger partial charge in [-0.1, -0.05) is 23.4 Å². The summed E-state index contributed by atoms with van der Waals surface area (Å²) >= 11 is 0. The topological polar surface area (TPSA) is 68.8 Å². The summed E-state index contributed by atoms with van der Waals surface area (Å²) in [4.78, 5) is 4.56. The van der Waals surface area contributed by atoms with Crippen molar-refractivity contribution >= 4 is 12.4 Å². The fraction of sp³-hybridized carbons (Fsp3) is 0.389. The minimum Gasteiger partial charge on any atom is -0.332 e. The first-order chi connectivity index (χ1) is 11.8. The predicted molar refractivity (Wildman–Crippen MR) is 98.4 cm³/mol. The molecule has 0 saturated heterocycles. The number of nitrogens with zero attached hydrogens (tertiary/aromatic N) is 4. The average Bonchev–Trinajstić information content (AvgIpc) is 3.31. The lowest BCUT2D eigenvalue weighted by atomic mass is 10.2. The molecule has 1 N–H and O–H groups in total. The van der Waals surface area contributed by atoms with Crippen molar-refractivity contribution in [3.8, 4) is 17.3 Å². The van der Waals surface area contributed by atoms with E-state index in [0.29, 0.717) is 17.8 Å². The van der Waals surface area contributed by atoms with Crippen molar-refractivity contribution in [2.75, 3.05) is 7.05 Å². The number of hydrogen-bond acceptors (Lipinski definition) is 5. The van der Waals surface area contributed by atoms with E-state index in [2.05, 4.69) is 34.5 Å². The highest BCUT2D eigenvalue weighted by molar-refractivity contribution is 5.85. The molecule has 1 aromatic carbocycles. The first-order valence-electron chi connectivity index (χ1n) is 8.42. The third-order valence-electron chi connectivity index (χ3n) is 4.58. The minimum absolute atomic E-state index is 0. The molecular weight excluding hydrogens is 338 g/mol. The lowest BCUT2D eigenvalue weighted by Gasteiger charge is -2.04. The maximum Gasteiger partial charge on any atom is 0.278 e. The Hall–Kier alpha value is -2.18. The third-order valence-corrected chi connectivity index (χ3v) is 4.58. The van der Waals surface area contributed by atoms with E-state index in [4.69, 9.17) is 9.62 Å². The van der Waals surface area contributed by atoms with Crippen LogP contribution in [0.15, 0.2) is 34.9 Å². The molecule has 1 aliphatic rings. The number of hydrogen-bond donors (Lipinski definition) is 1. The molecule has 0 spiro atoms. The van der Waals surface area contributed by atoms with Gasteiger partial charge in [0.15, 0.2) is 11.5 Å². The van der Waals surface area contributed by atoms with E-state index >= 15 is 0 Å². The van der Waals surface area contributed by atoms with Gasteiger partial charge in [-0.25, -0.2) is 4.68 Å². The van der Waals surface area contributed by atoms with Crippen LogP contribution in [0, 0.1) is 0 Å². The second-order valence-corrected chi connectivity index (χ2v) is 6.28. The quantitative estimate of drug-likeness (QED) is 0.758. The number of nitrogens with one attached hydrogen (secondary N) is 1. The Balaban J connectivity index is 0.00000182. The van der Waals surface area contributed by atoms with Crippen LogP contribution in [-0.4, -0.2) is 33.0 Å². The van der Waals surface area contributed by atoms with Crippen LogP contribution in [0.1, 0.15) is 30.4 Å². The van der Waals surface area contributed by atoms with E-state index in [0.717, 1.165) is 37.1 Å². The van der Waals surface area contributed by atoms with Crippen LogP contribution < -0.4 is 5.32 Å². The monoisotopic (exact) mass is 359 g/mol. The number of halogens is 1. The summed E-state index contributed by atoms with van der Waals surface area (Å²) in [7, 11) is 1.93. The van der Waals surface area contributed by atoms with Crippen molar-refractivity contribution in [2.45, 2.75) is 38.6 Å². The average molecular weight is 360 g/mol. The summed E-state index contributed by atoms with van der Waals surface area (Å²) in [5, 5.41) is 12.1. The normalized spacial score (nSPS) is 14.2. The number of fused-ring (bicyclic) bond motifs is 1. The molecule has 1 atom stereocenters. The second-order valence-electron chi connectivity index (χ2n) is 6.28. The van der Waals surface area contributed by atoms with Crippen LogP contribution in [-0.2, 0) is 19.3 Å². The summed E-state index contributed by atoms with van der Waals surface area (Å²) in [6.07, 6.45) is 3.93. The molecule has 3 aromatic rings. The molecule has 2 heterocycles. The van der Waals surface area contributed by atoms with E-state index in [1.54, 1.807) is 0 Å². The van der Waals surface area contributed by atoms with Crippen LogP contribution in [0.5, 0.6) is 0 Å². The highest BCUT2D eigenvalue weighted by Crippen LogP contribution is 2.32. The van der Waals surface area contributed by atoms with Crippen molar-refractivity contribution in [3.05, 3.63) is 47.4 Å². The van der Waals surface area contributed by atoms with Crippen molar-refractivity contribution in [1.29, 1.82) is 0 Å². The van der Waals surface area contributed by atoms with Crippen LogP contribution in [0.25, 0.3) is 17.3 Å². The van der Waals surface area contributed by atoms with Gasteiger partial charge in [0.2, 0.25) is 0 Å². The summed E-state index contributed by atoms with van der Waals surface area (Å²) in [5.74, 6) is 1.24. The zero-order valence-corrected chi connectivity index (χ0v) is 15.2. The zero-order valence-electron chi connectivity index (χ0n) is 14.4. The Morgan fingerprint density at radius 1 is 1.24 bits per heavy atom. The molecule has 0 radical (unpaired) electrons. The van der Waals surface area contributed by atoms with Crippen LogP contribution in [0.3, 0.4) is 0 Å².